The number of hydrogen-bond donors (Lipinski definition) is 0. The van der Waals surface area contributed by atoms with Crippen LogP contribution in [0.4, 0.5) is 0 Å². The third kappa shape index (κ3) is 2.40. The molecule has 0 aromatic heterocycles. The number of carbonyl (C=O) groups excluding carboxylic acids is 3. The van der Waals surface area contributed by atoms with Crippen molar-refractivity contribution in [3.8, 4) is 0 Å². The first-order valence-electron chi connectivity index (χ1n) is 9.96. The van der Waals surface area contributed by atoms with Crippen LogP contribution in [-0.4, -0.2) is 36.2 Å². The summed E-state index contributed by atoms with van der Waals surface area (Å²) in [5, 5.41) is 0. The maximum Gasteiger partial charge on any atom is 0.351 e. The lowest BCUT2D eigenvalue weighted by molar-refractivity contribution is -0.188. The lowest BCUT2D eigenvalue weighted by atomic mass is 9.66. The second-order valence-electron chi connectivity index (χ2n) is 9.77. The molecule has 1 heterocycles. The molecule has 3 rings (SSSR count). The standard InChI is InChI=1S/C21H32O6/c1-8-25-15(22)13-11-14(12(2)18(13,3)4)26-17(24)21-10-9-20(7,16(23)27-21)19(21,5)6/h12-14H,8-11H2,1-7H3/t12-,13+,14+,20-,21+/m0/s1. The zero-order valence-electron chi connectivity index (χ0n) is 17.5. The van der Waals surface area contributed by atoms with Gasteiger partial charge in [-0.15, -0.1) is 0 Å². The fraction of sp³-hybridized carbons (Fsp3) is 0.857. The Morgan fingerprint density at radius 2 is 1.78 bits per heavy atom. The van der Waals surface area contributed by atoms with Crippen molar-refractivity contribution in [2.24, 2.45) is 28.1 Å². The van der Waals surface area contributed by atoms with Crippen molar-refractivity contribution in [2.45, 2.75) is 79.4 Å². The molecule has 27 heavy (non-hydrogen) atoms. The van der Waals surface area contributed by atoms with Gasteiger partial charge in [-0.25, -0.2) is 4.79 Å². The van der Waals surface area contributed by atoms with Crippen LogP contribution in [0.3, 0.4) is 0 Å². The fourth-order valence-electron chi connectivity index (χ4n) is 5.26. The number of ether oxygens (including phenoxy) is 3. The molecule has 1 saturated heterocycles. The molecule has 0 spiro atoms. The van der Waals surface area contributed by atoms with E-state index in [4.69, 9.17) is 14.2 Å². The van der Waals surface area contributed by atoms with Crippen molar-refractivity contribution >= 4 is 17.9 Å². The third-order valence-electron chi connectivity index (χ3n) is 8.34. The molecule has 152 valence electrons. The second-order valence-corrected chi connectivity index (χ2v) is 9.77. The summed E-state index contributed by atoms with van der Waals surface area (Å²) in [7, 11) is 0. The summed E-state index contributed by atoms with van der Waals surface area (Å²) >= 11 is 0. The zero-order chi connectivity index (χ0) is 20.4. The maximum absolute atomic E-state index is 13.2. The average molecular weight is 380 g/mol. The van der Waals surface area contributed by atoms with E-state index in [2.05, 4.69) is 0 Å². The van der Waals surface area contributed by atoms with Gasteiger partial charge in [0.2, 0.25) is 5.60 Å². The molecular weight excluding hydrogens is 348 g/mol. The summed E-state index contributed by atoms with van der Waals surface area (Å²) in [5.74, 6) is -1.37. The molecule has 0 aromatic carbocycles. The van der Waals surface area contributed by atoms with E-state index in [0.717, 1.165) is 0 Å². The van der Waals surface area contributed by atoms with Crippen LogP contribution < -0.4 is 0 Å². The van der Waals surface area contributed by atoms with Crippen molar-refractivity contribution in [1.29, 1.82) is 0 Å². The van der Waals surface area contributed by atoms with Crippen molar-refractivity contribution in [3.63, 3.8) is 0 Å². The minimum atomic E-state index is -1.23. The summed E-state index contributed by atoms with van der Waals surface area (Å²) in [6.07, 6.45) is 1.12. The van der Waals surface area contributed by atoms with Crippen LogP contribution in [0.25, 0.3) is 0 Å². The predicted molar refractivity (Wildman–Crippen MR) is 97.5 cm³/mol. The molecule has 6 nitrogen and oxygen atoms in total. The number of hydrogen-bond acceptors (Lipinski definition) is 6. The number of carbonyl (C=O) groups is 3. The van der Waals surface area contributed by atoms with E-state index >= 15 is 0 Å². The van der Waals surface area contributed by atoms with Gasteiger partial charge in [0, 0.05) is 5.41 Å². The van der Waals surface area contributed by atoms with Gasteiger partial charge in [0.25, 0.3) is 0 Å². The summed E-state index contributed by atoms with van der Waals surface area (Å²) in [6, 6.07) is 0. The fourth-order valence-corrected chi connectivity index (χ4v) is 5.26. The zero-order valence-corrected chi connectivity index (χ0v) is 17.5. The van der Waals surface area contributed by atoms with Gasteiger partial charge in [-0.3, -0.25) is 9.59 Å². The van der Waals surface area contributed by atoms with Gasteiger partial charge in [0.1, 0.15) is 6.10 Å². The van der Waals surface area contributed by atoms with Gasteiger partial charge >= 0.3 is 17.9 Å². The summed E-state index contributed by atoms with van der Waals surface area (Å²) in [4.78, 5) is 38.0. The topological polar surface area (TPSA) is 78.9 Å². The molecular formula is C21H32O6. The Hall–Kier alpha value is -1.59. The van der Waals surface area contributed by atoms with Crippen LogP contribution in [0.15, 0.2) is 0 Å². The lowest BCUT2D eigenvalue weighted by Crippen LogP contribution is -2.50. The van der Waals surface area contributed by atoms with Gasteiger partial charge < -0.3 is 14.2 Å². The Morgan fingerprint density at radius 3 is 2.26 bits per heavy atom. The SMILES string of the molecule is CCOC(=O)[C@H]1C[C@@H](OC(=O)[C@@]23CC[C@@](C)(C(=O)O2)C3(C)C)[C@H](C)C1(C)C. The van der Waals surface area contributed by atoms with Crippen LogP contribution in [0, 0.1) is 28.1 Å². The Kier molecular flexibility index (Phi) is 4.44. The van der Waals surface area contributed by atoms with E-state index in [0.29, 0.717) is 25.9 Å². The molecule has 0 amide bonds. The molecule has 2 aliphatic carbocycles. The second kappa shape index (κ2) is 5.95. The minimum absolute atomic E-state index is 0.0136. The molecule has 6 heteroatoms. The largest absolute Gasteiger partial charge is 0.466 e. The van der Waals surface area contributed by atoms with Crippen LogP contribution in [0.1, 0.15) is 67.7 Å². The Bertz CT molecular complexity index is 680. The molecule has 3 aliphatic rings. The van der Waals surface area contributed by atoms with Crippen LogP contribution in [0.5, 0.6) is 0 Å². The molecule has 2 bridgehead atoms. The molecule has 0 unspecified atom stereocenters. The van der Waals surface area contributed by atoms with E-state index in [9.17, 15) is 14.4 Å². The van der Waals surface area contributed by atoms with Gasteiger partial charge in [-0.2, -0.15) is 0 Å². The quantitative estimate of drug-likeness (QED) is 0.550. The molecule has 5 atom stereocenters. The van der Waals surface area contributed by atoms with Gasteiger partial charge in [0.05, 0.1) is 17.9 Å². The molecule has 0 aromatic rings. The van der Waals surface area contributed by atoms with Crippen molar-refractivity contribution in [2.75, 3.05) is 6.61 Å². The van der Waals surface area contributed by atoms with E-state index in [1.165, 1.54) is 0 Å². The number of fused-ring (bicyclic) bond motifs is 2. The van der Waals surface area contributed by atoms with E-state index in [1.54, 1.807) is 6.92 Å². The first-order chi connectivity index (χ1) is 12.3. The summed E-state index contributed by atoms with van der Waals surface area (Å²) < 4.78 is 16.8. The van der Waals surface area contributed by atoms with Gasteiger partial charge in [0.15, 0.2) is 0 Å². The van der Waals surface area contributed by atoms with Crippen molar-refractivity contribution in [1.82, 2.24) is 0 Å². The highest BCUT2D eigenvalue weighted by atomic mass is 16.6. The van der Waals surface area contributed by atoms with Crippen LogP contribution >= 0.6 is 0 Å². The van der Waals surface area contributed by atoms with Gasteiger partial charge in [-0.05, 0) is 44.4 Å². The molecule has 0 radical (unpaired) electrons. The Labute approximate surface area is 161 Å². The molecule has 0 N–H and O–H groups in total. The highest BCUT2D eigenvalue weighted by Crippen LogP contribution is 2.66. The Morgan fingerprint density at radius 1 is 1.15 bits per heavy atom. The monoisotopic (exact) mass is 380 g/mol. The summed E-state index contributed by atoms with van der Waals surface area (Å²) in [5.41, 5.74) is -2.88. The highest BCUT2D eigenvalue weighted by molar-refractivity contribution is 5.93. The van der Waals surface area contributed by atoms with E-state index in [-0.39, 0.29) is 29.2 Å². The Balaban J connectivity index is 1.81. The predicted octanol–water partition coefficient (Wildman–Crippen LogP) is 3.27. The van der Waals surface area contributed by atoms with E-state index in [1.807, 2.05) is 41.5 Å². The lowest BCUT2D eigenvalue weighted by Gasteiger charge is -2.36. The third-order valence-corrected chi connectivity index (χ3v) is 8.34. The molecule has 1 aliphatic heterocycles. The first kappa shape index (κ1) is 20.2. The molecule has 2 saturated carbocycles. The maximum atomic E-state index is 13.2. The van der Waals surface area contributed by atoms with Crippen molar-refractivity contribution in [3.05, 3.63) is 0 Å². The summed E-state index contributed by atoms with van der Waals surface area (Å²) in [6.45, 7) is 13.8. The normalized spacial score (nSPS) is 41.3. The van der Waals surface area contributed by atoms with Crippen molar-refractivity contribution < 1.29 is 28.6 Å². The van der Waals surface area contributed by atoms with Gasteiger partial charge in [-0.1, -0.05) is 34.6 Å². The highest BCUT2D eigenvalue weighted by Gasteiger charge is 2.76. The molecule has 3 fully saturated rings. The van der Waals surface area contributed by atoms with Crippen LogP contribution in [0.2, 0.25) is 0 Å². The number of esters is 3. The first-order valence-corrected chi connectivity index (χ1v) is 9.96. The minimum Gasteiger partial charge on any atom is -0.466 e. The smallest absolute Gasteiger partial charge is 0.351 e. The number of rotatable bonds is 4. The van der Waals surface area contributed by atoms with E-state index < -0.39 is 28.5 Å². The van der Waals surface area contributed by atoms with Crippen LogP contribution in [-0.2, 0) is 28.6 Å². The average Bonchev–Trinajstić information content (AvgIpc) is 2.99.